The van der Waals surface area contributed by atoms with Crippen LogP contribution in [0.2, 0.25) is 0 Å². The van der Waals surface area contributed by atoms with Gasteiger partial charge in [-0.25, -0.2) is 23.7 Å². The highest BCUT2D eigenvalue weighted by atomic mass is 19.3. The summed E-state index contributed by atoms with van der Waals surface area (Å²) in [4.78, 5) is 12.9. The number of halogens is 2. The number of hydrogen-bond acceptors (Lipinski definition) is 6. The minimum Gasteiger partial charge on any atom is -0.366 e. The van der Waals surface area contributed by atoms with Crippen molar-refractivity contribution in [3.8, 4) is 17.5 Å². The summed E-state index contributed by atoms with van der Waals surface area (Å²) in [5.41, 5.74) is 2.02. The fourth-order valence-electron chi connectivity index (χ4n) is 3.52. The van der Waals surface area contributed by atoms with Gasteiger partial charge in [-0.15, -0.1) is 0 Å². The zero-order chi connectivity index (χ0) is 18.6. The number of aromatic amines is 1. The zero-order valence-electron chi connectivity index (χ0n) is 14.2. The van der Waals surface area contributed by atoms with Crippen LogP contribution in [-0.2, 0) is 5.41 Å². The molecule has 0 atom stereocenters. The molecule has 3 aromatic heterocycles. The summed E-state index contributed by atoms with van der Waals surface area (Å²) in [6, 6.07) is 5.55. The van der Waals surface area contributed by atoms with Crippen LogP contribution in [0.25, 0.3) is 22.3 Å². The normalized spacial score (nSPS) is 20.0. The van der Waals surface area contributed by atoms with Crippen LogP contribution in [0.4, 0.5) is 14.6 Å². The highest BCUT2D eigenvalue weighted by molar-refractivity contribution is 5.99. The number of anilines is 1. The predicted molar refractivity (Wildman–Crippen MR) is 93.0 cm³/mol. The molecule has 0 aromatic carbocycles. The maximum absolute atomic E-state index is 13.2. The van der Waals surface area contributed by atoms with Crippen molar-refractivity contribution in [3.05, 3.63) is 30.4 Å². The average molecular weight is 367 g/mol. The van der Waals surface area contributed by atoms with Gasteiger partial charge in [-0.1, -0.05) is 0 Å². The van der Waals surface area contributed by atoms with E-state index in [1.807, 2.05) is 0 Å². The number of nitriles is 1. The molecule has 136 valence electrons. The van der Waals surface area contributed by atoms with Gasteiger partial charge in [0.2, 0.25) is 0 Å². The first kappa shape index (κ1) is 16.1. The number of fused-ring (bicyclic) bond motifs is 1. The summed E-state index contributed by atoms with van der Waals surface area (Å²) in [5.74, 6) is -2.11. The lowest BCUT2D eigenvalue weighted by molar-refractivity contribution is -0.0793. The molecule has 0 unspecified atom stereocenters. The van der Waals surface area contributed by atoms with Crippen molar-refractivity contribution in [2.75, 3.05) is 5.32 Å². The second-order valence-corrected chi connectivity index (χ2v) is 7.24. The predicted octanol–water partition coefficient (Wildman–Crippen LogP) is 3.18. The molecule has 5 rings (SSSR count). The van der Waals surface area contributed by atoms with Crippen molar-refractivity contribution in [2.45, 2.75) is 43.1 Å². The monoisotopic (exact) mass is 367 g/mol. The Balaban J connectivity index is 1.55. The summed E-state index contributed by atoms with van der Waals surface area (Å²) in [5, 5.41) is 20.5. The van der Waals surface area contributed by atoms with Crippen LogP contribution in [-0.4, -0.2) is 37.1 Å². The first-order valence-electron chi connectivity index (χ1n) is 8.71. The standard InChI is InChI=1S/C18H15F2N7/c19-18(20)6-10(7-18)25-16-14-11(1-4-22-16)26-27-15(14)12-5-13(24-9-23-12)17(8-21)2-3-17/h1,4-5,9-10H,2-3,6-7H2,(H,22,25)(H,26,27). The number of H-pyrrole nitrogens is 1. The molecule has 0 saturated heterocycles. The topological polar surface area (TPSA) is 103 Å². The fourth-order valence-corrected chi connectivity index (χ4v) is 3.52. The molecule has 2 aliphatic rings. The van der Waals surface area contributed by atoms with Gasteiger partial charge in [0.1, 0.15) is 17.8 Å². The Labute approximate surface area is 152 Å². The van der Waals surface area contributed by atoms with E-state index in [0.29, 0.717) is 28.3 Å². The second kappa shape index (κ2) is 5.42. The van der Waals surface area contributed by atoms with Crippen LogP contribution in [0.15, 0.2) is 24.7 Å². The van der Waals surface area contributed by atoms with Crippen molar-refractivity contribution in [1.29, 1.82) is 5.26 Å². The third-order valence-electron chi connectivity index (χ3n) is 5.27. The van der Waals surface area contributed by atoms with Crippen molar-refractivity contribution < 1.29 is 8.78 Å². The van der Waals surface area contributed by atoms with E-state index in [9.17, 15) is 14.0 Å². The summed E-state index contributed by atoms with van der Waals surface area (Å²) < 4.78 is 26.3. The average Bonchev–Trinajstić information content (AvgIpc) is 3.32. The molecule has 3 heterocycles. The lowest BCUT2D eigenvalue weighted by atomic mass is 9.88. The molecule has 0 aliphatic heterocycles. The number of nitrogens with zero attached hydrogens (tertiary/aromatic N) is 5. The van der Waals surface area contributed by atoms with Gasteiger partial charge in [0.05, 0.1) is 33.8 Å². The Morgan fingerprint density at radius 3 is 2.74 bits per heavy atom. The zero-order valence-corrected chi connectivity index (χ0v) is 14.2. The molecule has 0 bridgehead atoms. The molecule has 0 amide bonds. The van der Waals surface area contributed by atoms with Crippen LogP contribution in [0, 0.1) is 11.3 Å². The van der Waals surface area contributed by atoms with Crippen molar-refractivity contribution >= 4 is 16.7 Å². The summed E-state index contributed by atoms with van der Waals surface area (Å²) in [7, 11) is 0. The summed E-state index contributed by atoms with van der Waals surface area (Å²) in [6.07, 6.45) is 4.18. The largest absolute Gasteiger partial charge is 0.366 e. The van der Waals surface area contributed by atoms with E-state index in [0.717, 1.165) is 18.4 Å². The van der Waals surface area contributed by atoms with Gasteiger partial charge in [0, 0.05) is 25.1 Å². The van der Waals surface area contributed by atoms with Gasteiger partial charge >= 0.3 is 0 Å². The molecular formula is C18H15F2N7. The smallest absolute Gasteiger partial charge is 0.252 e. The Morgan fingerprint density at radius 1 is 1.22 bits per heavy atom. The van der Waals surface area contributed by atoms with Gasteiger partial charge in [-0.2, -0.15) is 10.4 Å². The van der Waals surface area contributed by atoms with Crippen LogP contribution in [0.1, 0.15) is 31.4 Å². The Kier molecular flexibility index (Phi) is 3.22. The third-order valence-corrected chi connectivity index (χ3v) is 5.27. The molecule has 7 nitrogen and oxygen atoms in total. The summed E-state index contributed by atoms with van der Waals surface area (Å²) >= 11 is 0. The molecule has 2 saturated carbocycles. The number of pyridine rings is 1. The molecular weight excluding hydrogens is 352 g/mol. The molecule has 0 radical (unpaired) electrons. The van der Waals surface area contributed by atoms with Gasteiger partial charge in [-0.05, 0) is 25.0 Å². The van der Waals surface area contributed by atoms with Crippen molar-refractivity contribution in [2.24, 2.45) is 0 Å². The van der Waals surface area contributed by atoms with Gasteiger partial charge in [0.25, 0.3) is 5.92 Å². The number of alkyl halides is 2. The Hall–Kier alpha value is -3.15. The van der Waals surface area contributed by atoms with E-state index in [1.54, 1.807) is 18.3 Å². The van der Waals surface area contributed by atoms with E-state index in [-0.39, 0.29) is 18.9 Å². The molecule has 3 aromatic rings. The van der Waals surface area contributed by atoms with Gasteiger partial charge in [-0.3, -0.25) is 5.10 Å². The Bertz CT molecular complexity index is 1070. The number of hydrogen-bond donors (Lipinski definition) is 2. The lowest BCUT2D eigenvalue weighted by Crippen LogP contribution is -2.44. The highest BCUT2D eigenvalue weighted by Crippen LogP contribution is 2.47. The van der Waals surface area contributed by atoms with E-state index in [4.69, 9.17) is 0 Å². The number of rotatable bonds is 4. The molecule has 27 heavy (non-hydrogen) atoms. The molecule has 0 spiro atoms. The molecule has 2 aliphatic carbocycles. The van der Waals surface area contributed by atoms with Crippen LogP contribution >= 0.6 is 0 Å². The quantitative estimate of drug-likeness (QED) is 0.734. The maximum Gasteiger partial charge on any atom is 0.252 e. The van der Waals surface area contributed by atoms with Crippen LogP contribution < -0.4 is 5.32 Å². The molecule has 9 heteroatoms. The van der Waals surface area contributed by atoms with Crippen LogP contribution in [0.5, 0.6) is 0 Å². The van der Waals surface area contributed by atoms with Crippen molar-refractivity contribution in [3.63, 3.8) is 0 Å². The maximum atomic E-state index is 13.2. The first-order valence-corrected chi connectivity index (χ1v) is 8.71. The van der Waals surface area contributed by atoms with Gasteiger partial charge < -0.3 is 5.32 Å². The van der Waals surface area contributed by atoms with Crippen molar-refractivity contribution in [1.82, 2.24) is 25.1 Å². The Morgan fingerprint density at radius 2 is 2.04 bits per heavy atom. The molecule has 2 fully saturated rings. The summed E-state index contributed by atoms with van der Waals surface area (Å²) in [6.45, 7) is 0. The molecule has 2 N–H and O–H groups in total. The van der Waals surface area contributed by atoms with E-state index in [2.05, 4.69) is 36.5 Å². The minimum absolute atomic E-state index is 0.208. The SMILES string of the molecule is N#CC1(c2cc(-c3n[nH]c4ccnc(NC5CC(F)(F)C5)c34)ncn2)CC1. The van der Waals surface area contributed by atoms with E-state index < -0.39 is 11.3 Å². The highest BCUT2D eigenvalue weighted by Gasteiger charge is 2.47. The van der Waals surface area contributed by atoms with Gasteiger partial charge in [0.15, 0.2) is 0 Å². The minimum atomic E-state index is -2.61. The second-order valence-electron chi connectivity index (χ2n) is 7.24. The van der Waals surface area contributed by atoms with Crippen LogP contribution in [0.3, 0.4) is 0 Å². The fraction of sp³-hybridized carbons (Fsp3) is 0.389. The number of aromatic nitrogens is 5. The first-order chi connectivity index (χ1) is 13.0. The van der Waals surface area contributed by atoms with E-state index >= 15 is 0 Å². The third kappa shape index (κ3) is 2.60. The number of nitrogens with one attached hydrogen (secondary N) is 2. The van der Waals surface area contributed by atoms with E-state index in [1.165, 1.54) is 6.33 Å². The lowest BCUT2D eigenvalue weighted by Gasteiger charge is -2.35.